The van der Waals surface area contributed by atoms with E-state index in [0.717, 1.165) is 15.3 Å². The summed E-state index contributed by atoms with van der Waals surface area (Å²) in [6, 6.07) is 1.87. The number of thiophene rings is 1. The summed E-state index contributed by atoms with van der Waals surface area (Å²) in [6.07, 6.45) is 3.16. The number of Topliss-reactive ketones (excluding diaryl/α,β-unsaturated/α-hetero) is 1. The Morgan fingerprint density at radius 1 is 1.39 bits per heavy atom. The molecule has 2 heterocycles. The third-order valence-electron chi connectivity index (χ3n) is 2.64. The largest absolute Gasteiger partial charge is 0.347 e. The van der Waals surface area contributed by atoms with Gasteiger partial charge in [0.2, 0.25) is 0 Å². The molecule has 2 rings (SSSR count). The van der Waals surface area contributed by atoms with Gasteiger partial charge >= 0.3 is 5.69 Å². The monoisotopic (exact) mass is 262 g/mol. The van der Waals surface area contributed by atoms with Gasteiger partial charge in [-0.1, -0.05) is 0 Å². The van der Waals surface area contributed by atoms with E-state index in [2.05, 4.69) is 4.98 Å². The Labute approximate surface area is 109 Å². The molecular weight excluding hydrogens is 248 g/mol. The Kier molecular flexibility index (Phi) is 3.43. The van der Waals surface area contributed by atoms with E-state index in [1.807, 2.05) is 26.8 Å². The lowest BCUT2D eigenvalue weighted by Gasteiger charge is -2.04. The Morgan fingerprint density at radius 3 is 2.72 bits per heavy atom. The summed E-state index contributed by atoms with van der Waals surface area (Å²) in [6.45, 7) is 5.77. The molecule has 5 heteroatoms. The molecule has 18 heavy (non-hydrogen) atoms. The first-order valence-electron chi connectivity index (χ1n) is 5.60. The van der Waals surface area contributed by atoms with Gasteiger partial charge in [-0.2, -0.15) is 0 Å². The summed E-state index contributed by atoms with van der Waals surface area (Å²) < 4.78 is 1.35. The van der Waals surface area contributed by atoms with Gasteiger partial charge in [-0.3, -0.25) is 9.36 Å². The number of aryl methyl sites for hydroxylation is 3. The van der Waals surface area contributed by atoms with E-state index in [9.17, 15) is 9.59 Å². The standard InChI is InChI=1S/C13H14N2O2S/c1-8-5-14-13(17)15(6-8)7-12(16)11-4-9(2)18-10(11)3/h4-6H,7H2,1-3H3. The number of hydrogen-bond acceptors (Lipinski definition) is 4. The van der Waals surface area contributed by atoms with Crippen LogP contribution in [0, 0.1) is 20.8 Å². The predicted octanol–water partition coefficient (Wildman–Crippen LogP) is 2.11. The van der Waals surface area contributed by atoms with Gasteiger partial charge in [0, 0.05) is 27.7 Å². The predicted molar refractivity (Wildman–Crippen MR) is 71.4 cm³/mol. The third-order valence-corrected chi connectivity index (χ3v) is 3.61. The van der Waals surface area contributed by atoms with E-state index in [0.29, 0.717) is 5.56 Å². The molecule has 0 saturated heterocycles. The molecule has 0 aliphatic heterocycles. The summed E-state index contributed by atoms with van der Waals surface area (Å²) in [5.41, 5.74) is 1.17. The Hall–Kier alpha value is -1.75. The van der Waals surface area contributed by atoms with Crippen molar-refractivity contribution < 1.29 is 4.79 Å². The molecule has 0 unspecified atom stereocenters. The quantitative estimate of drug-likeness (QED) is 0.796. The van der Waals surface area contributed by atoms with Crippen LogP contribution in [0.5, 0.6) is 0 Å². The number of hydrogen-bond donors (Lipinski definition) is 0. The van der Waals surface area contributed by atoms with Crippen molar-refractivity contribution in [2.24, 2.45) is 0 Å². The van der Waals surface area contributed by atoms with Crippen molar-refractivity contribution in [2.75, 3.05) is 0 Å². The Balaban J connectivity index is 2.29. The maximum Gasteiger partial charge on any atom is 0.347 e. The highest BCUT2D eigenvalue weighted by atomic mass is 32.1. The van der Waals surface area contributed by atoms with Crippen LogP contribution in [0.4, 0.5) is 0 Å². The SMILES string of the molecule is Cc1cnc(=O)n(CC(=O)c2cc(C)sc2C)c1. The molecule has 0 saturated carbocycles. The van der Waals surface area contributed by atoms with Crippen LogP contribution in [0.2, 0.25) is 0 Å². The molecule has 0 aliphatic carbocycles. The smallest absolute Gasteiger partial charge is 0.292 e. The maximum absolute atomic E-state index is 12.1. The van der Waals surface area contributed by atoms with E-state index >= 15 is 0 Å². The topological polar surface area (TPSA) is 52.0 Å². The number of nitrogens with zero attached hydrogens (tertiary/aromatic N) is 2. The van der Waals surface area contributed by atoms with Gasteiger partial charge < -0.3 is 0 Å². The minimum absolute atomic E-state index is 0.0462. The molecule has 2 aromatic heterocycles. The molecule has 4 nitrogen and oxygen atoms in total. The molecule has 94 valence electrons. The number of carbonyl (C=O) groups is 1. The van der Waals surface area contributed by atoms with Crippen LogP contribution >= 0.6 is 11.3 Å². The number of carbonyl (C=O) groups excluding carboxylic acids is 1. The Bertz CT molecular complexity index is 655. The summed E-state index contributed by atoms with van der Waals surface area (Å²) in [5.74, 6) is -0.0497. The van der Waals surface area contributed by atoms with Crippen LogP contribution in [-0.2, 0) is 6.54 Å². The van der Waals surface area contributed by atoms with Crippen molar-refractivity contribution in [1.29, 1.82) is 0 Å². The van der Waals surface area contributed by atoms with Crippen molar-refractivity contribution in [3.05, 3.63) is 49.8 Å². The second-order valence-corrected chi connectivity index (χ2v) is 5.75. The zero-order valence-electron chi connectivity index (χ0n) is 10.6. The fourth-order valence-electron chi connectivity index (χ4n) is 1.83. The highest BCUT2D eigenvalue weighted by Crippen LogP contribution is 2.21. The van der Waals surface area contributed by atoms with Gasteiger partial charge in [0.15, 0.2) is 5.78 Å². The molecule has 0 atom stereocenters. The van der Waals surface area contributed by atoms with Gasteiger partial charge in [-0.15, -0.1) is 11.3 Å². The van der Waals surface area contributed by atoms with Crippen molar-refractivity contribution in [1.82, 2.24) is 9.55 Å². The first-order chi connectivity index (χ1) is 8.47. The lowest BCUT2D eigenvalue weighted by atomic mass is 10.1. The molecule has 0 fully saturated rings. The zero-order chi connectivity index (χ0) is 13.3. The highest BCUT2D eigenvalue weighted by Gasteiger charge is 2.13. The minimum Gasteiger partial charge on any atom is -0.292 e. The van der Waals surface area contributed by atoms with Gasteiger partial charge in [0.25, 0.3) is 0 Å². The van der Waals surface area contributed by atoms with E-state index in [-0.39, 0.29) is 12.3 Å². The molecule has 0 amide bonds. The summed E-state index contributed by atoms with van der Waals surface area (Å²) in [5, 5.41) is 0. The zero-order valence-corrected chi connectivity index (χ0v) is 11.4. The Morgan fingerprint density at radius 2 is 2.11 bits per heavy atom. The second-order valence-electron chi connectivity index (χ2n) is 4.29. The second kappa shape index (κ2) is 4.86. The van der Waals surface area contributed by atoms with Crippen LogP contribution in [0.25, 0.3) is 0 Å². The molecule has 0 aromatic carbocycles. The fraction of sp³-hybridized carbons (Fsp3) is 0.308. The van der Waals surface area contributed by atoms with E-state index in [1.54, 1.807) is 17.5 Å². The highest BCUT2D eigenvalue weighted by molar-refractivity contribution is 7.12. The molecule has 0 aliphatic rings. The van der Waals surface area contributed by atoms with E-state index in [4.69, 9.17) is 0 Å². The number of rotatable bonds is 3. The average molecular weight is 262 g/mol. The molecular formula is C13H14N2O2S. The molecule has 0 radical (unpaired) electrons. The molecule has 0 N–H and O–H groups in total. The lowest BCUT2D eigenvalue weighted by Crippen LogP contribution is -2.26. The van der Waals surface area contributed by atoms with Crippen LogP contribution in [-0.4, -0.2) is 15.3 Å². The molecule has 0 spiro atoms. The van der Waals surface area contributed by atoms with Crippen molar-refractivity contribution in [3.63, 3.8) is 0 Å². The van der Waals surface area contributed by atoms with Gasteiger partial charge in [0.1, 0.15) is 0 Å². The maximum atomic E-state index is 12.1. The summed E-state index contributed by atoms with van der Waals surface area (Å²) >= 11 is 1.59. The normalized spacial score (nSPS) is 10.6. The first kappa shape index (κ1) is 12.7. The van der Waals surface area contributed by atoms with E-state index in [1.165, 1.54) is 10.8 Å². The first-order valence-corrected chi connectivity index (χ1v) is 6.42. The third kappa shape index (κ3) is 2.56. The van der Waals surface area contributed by atoms with Crippen molar-refractivity contribution >= 4 is 17.1 Å². The van der Waals surface area contributed by atoms with Crippen LogP contribution in [0.15, 0.2) is 23.3 Å². The fourth-order valence-corrected chi connectivity index (χ4v) is 2.77. The van der Waals surface area contributed by atoms with Crippen LogP contribution < -0.4 is 5.69 Å². The summed E-state index contributed by atoms with van der Waals surface area (Å²) in [7, 11) is 0. The van der Waals surface area contributed by atoms with Gasteiger partial charge in [0.05, 0.1) is 6.54 Å². The number of ketones is 1. The minimum atomic E-state index is -0.390. The van der Waals surface area contributed by atoms with Crippen LogP contribution in [0.1, 0.15) is 25.7 Å². The number of aromatic nitrogens is 2. The summed E-state index contributed by atoms with van der Waals surface area (Å²) in [4.78, 5) is 29.5. The van der Waals surface area contributed by atoms with Crippen LogP contribution in [0.3, 0.4) is 0 Å². The van der Waals surface area contributed by atoms with E-state index < -0.39 is 5.69 Å². The molecule has 2 aromatic rings. The lowest BCUT2D eigenvalue weighted by molar-refractivity contribution is 0.0970. The molecule has 0 bridgehead atoms. The van der Waals surface area contributed by atoms with Gasteiger partial charge in [-0.05, 0) is 32.4 Å². The van der Waals surface area contributed by atoms with Crippen molar-refractivity contribution in [3.8, 4) is 0 Å². The van der Waals surface area contributed by atoms with Gasteiger partial charge in [-0.25, -0.2) is 9.78 Å². The average Bonchev–Trinajstić information content (AvgIpc) is 2.63. The van der Waals surface area contributed by atoms with Crippen molar-refractivity contribution in [2.45, 2.75) is 27.3 Å².